The highest BCUT2D eigenvalue weighted by atomic mass is 15.2. The number of nitrogens with one attached hydrogen (secondary N) is 1. The third-order valence-corrected chi connectivity index (χ3v) is 3.19. The van der Waals surface area contributed by atoms with Crippen molar-refractivity contribution in [2.24, 2.45) is 11.7 Å². The van der Waals surface area contributed by atoms with Gasteiger partial charge in [0.15, 0.2) is 0 Å². The van der Waals surface area contributed by atoms with Crippen molar-refractivity contribution in [2.45, 2.75) is 52.1 Å². The molecule has 0 aliphatic carbocycles. The van der Waals surface area contributed by atoms with E-state index >= 15 is 0 Å². The Hall–Kier alpha value is -0.570. The van der Waals surface area contributed by atoms with Gasteiger partial charge >= 0.3 is 0 Å². The number of hydrogen-bond acceptors (Lipinski definition) is 2. The Kier molecular flexibility index (Phi) is 3.93. The average molecular weight is 197 g/mol. The van der Waals surface area contributed by atoms with Crippen LogP contribution in [0.2, 0.25) is 0 Å². The maximum Gasteiger partial charge on any atom is 0.0920 e. The molecule has 0 bridgehead atoms. The van der Waals surface area contributed by atoms with Crippen molar-refractivity contribution in [1.82, 2.24) is 4.90 Å². The Morgan fingerprint density at radius 3 is 2.64 bits per heavy atom. The smallest absolute Gasteiger partial charge is 0.0920 e. The summed E-state index contributed by atoms with van der Waals surface area (Å²) in [7, 11) is 0. The molecule has 1 fully saturated rings. The van der Waals surface area contributed by atoms with Crippen molar-refractivity contribution < 1.29 is 0 Å². The average Bonchev–Trinajstić information content (AvgIpc) is 2.49. The second-order valence-corrected chi connectivity index (χ2v) is 4.77. The summed E-state index contributed by atoms with van der Waals surface area (Å²) in [5.41, 5.74) is 5.44. The van der Waals surface area contributed by atoms with E-state index in [-0.39, 0.29) is 0 Å². The molecule has 0 aromatic heterocycles. The van der Waals surface area contributed by atoms with E-state index in [4.69, 9.17) is 11.1 Å². The van der Waals surface area contributed by atoms with Crippen LogP contribution in [0.1, 0.15) is 40.0 Å². The van der Waals surface area contributed by atoms with Gasteiger partial charge in [-0.15, -0.1) is 0 Å². The van der Waals surface area contributed by atoms with E-state index in [0.29, 0.717) is 30.3 Å². The molecule has 0 saturated carbocycles. The zero-order valence-corrected chi connectivity index (χ0v) is 9.59. The Labute approximate surface area is 87.2 Å². The van der Waals surface area contributed by atoms with Gasteiger partial charge in [0.1, 0.15) is 0 Å². The molecule has 14 heavy (non-hydrogen) atoms. The third kappa shape index (κ3) is 2.71. The van der Waals surface area contributed by atoms with Crippen LogP contribution in [0.3, 0.4) is 0 Å². The lowest BCUT2D eigenvalue weighted by atomic mass is 10.0. The van der Waals surface area contributed by atoms with Gasteiger partial charge in [-0.2, -0.15) is 0 Å². The van der Waals surface area contributed by atoms with Crippen LogP contribution in [-0.4, -0.2) is 29.4 Å². The number of hydrogen-bond donors (Lipinski definition) is 2. The minimum absolute atomic E-state index is 0.312. The quantitative estimate of drug-likeness (QED) is 0.533. The molecule has 0 amide bonds. The van der Waals surface area contributed by atoms with Crippen LogP contribution in [0.25, 0.3) is 0 Å². The Balaban J connectivity index is 2.53. The maximum absolute atomic E-state index is 7.31. The molecule has 0 radical (unpaired) electrons. The van der Waals surface area contributed by atoms with Crippen molar-refractivity contribution in [3.63, 3.8) is 0 Å². The summed E-state index contributed by atoms with van der Waals surface area (Å²) < 4.78 is 0. The normalized spacial score (nSPS) is 25.6. The molecule has 2 unspecified atom stereocenters. The van der Waals surface area contributed by atoms with Gasteiger partial charge in [0.05, 0.1) is 5.84 Å². The molecule has 1 saturated heterocycles. The Bertz CT molecular complexity index is 201. The molecule has 2 atom stereocenters. The fourth-order valence-corrected chi connectivity index (χ4v) is 2.51. The van der Waals surface area contributed by atoms with Gasteiger partial charge in [-0.3, -0.25) is 10.3 Å². The highest BCUT2D eigenvalue weighted by molar-refractivity contribution is 5.77. The predicted molar refractivity (Wildman–Crippen MR) is 60.6 cm³/mol. The molecule has 1 aliphatic heterocycles. The lowest BCUT2D eigenvalue weighted by molar-refractivity contribution is 0.159. The van der Waals surface area contributed by atoms with E-state index in [0.717, 1.165) is 0 Å². The molecule has 82 valence electrons. The highest BCUT2D eigenvalue weighted by Gasteiger charge is 2.30. The van der Waals surface area contributed by atoms with Gasteiger partial charge < -0.3 is 5.73 Å². The fraction of sp³-hybridized carbons (Fsp3) is 0.909. The van der Waals surface area contributed by atoms with Gasteiger partial charge in [-0.1, -0.05) is 13.8 Å². The first-order valence-electron chi connectivity index (χ1n) is 5.61. The van der Waals surface area contributed by atoms with Crippen molar-refractivity contribution in [1.29, 1.82) is 5.41 Å². The SMILES string of the molecule is CC(C)C1CCCN1C(C)CC(=N)N. The summed E-state index contributed by atoms with van der Waals surface area (Å²) in [4.78, 5) is 2.52. The zero-order chi connectivity index (χ0) is 10.7. The van der Waals surface area contributed by atoms with Crippen molar-refractivity contribution >= 4 is 5.84 Å². The molecule has 0 aromatic rings. The monoisotopic (exact) mass is 197 g/mol. The molecule has 3 heteroatoms. The number of nitrogens with two attached hydrogens (primary N) is 1. The third-order valence-electron chi connectivity index (χ3n) is 3.19. The van der Waals surface area contributed by atoms with Crippen LogP contribution in [0.4, 0.5) is 0 Å². The molecule has 1 heterocycles. The lowest BCUT2D eigenvalue weighted by Crippen LogP contribution is -2.41. The fourth-order valence-electron chi connectivity index (χ4n) is 2.51. The van der Waals surface area contributed by atoms with E-state index in [1.54, 1.807) is 0 Å². The first-order chi connectivity index (χ1) is 6.52. The highest BCUT2D eigenvalue weighted by Crippen LogP contribution is 2.26. The summed E-state index contributed by atoms with van der Waals surface area (Å²) in [6.07, 6.45) is 3.31. The van der Waals surface area contributed by atoms with E-state index < -0.39 is 0 Å². The lowest BCUT2D eigenvalue weighted by Gasteiger charge is -2.32. The summed E-state index contributed by atoms with van der Waals surface area (Å²) in [5.74, 6) is 1.03. The van der Waals surface area contributed by atoms with Gasteiger partial charge in [-0.05, 0) is 32.2 Å². The van der Waals surface area contributed by atoms with Crippen LogP contribution in [0.15, 0.2) is 0 Å². The molecular formula is C11H23N3. The molecule has 3 nitrogen and oxygen atoms in total. The van der Waals surface area contributed by atoms with Crippen LogP contribution in [0.5, 0.6) is 0 Å². The standard InChI is InChI=1S/C11H23N3/c1-8(2)10-5-4-6-14(10)9(3)7-11(12)13/h8-10H,4-7H2,1-3H3,(H3,12,13). The maximum atomic E-state index is 7.31. The number of nitrogens with zero attached hydrogens (tertiary/aromatic N) is 1. The van der Waals surface area contributed by atoms with Crippen LogP contribution < -0.4 is 5.73 Å². The second-order valence-electron chi connectivity index (χ2n) is 4.77. The topological polar surface area (TPSA) is 53.1 Å². The summed E-state index contributed by atoms with van der Waals surface area (Å²) in [5, 5.41) is 7.31. The first-order valence-corrected chi connectivity index (χ1v) is 5.61. The van der Waals surface area contributed by atoms with Crippen molar-refractivity contribution in [2.75, 3.05) is 6.54 Å². The predicted octanol–water partition coefficient (Wildman–Crippen LogP) is 1.82. The van der Waals surface area contributed by atoms with Crippen molar-refractivity contribution in [3.8, 4) is 0 Å². The van der Waals surface area contributed by atoms with E-state index in [1.807, 2.05) is 0 Å². The van der Waals surface area contributed by atoms with E-state index in [9.17, 15) is 0 Å². The molecule has 0 spiro atoms. The molecular weight excluding hydrogens is 174 g/mol. The van der Waals surface area contributed by atoms with E-state index in [1.165, 1.54) is 19.4 Å². The molecule has 3 N–H and O–H groups in total. The van der Waals surface area contributed by atoms with Crippen molar-refractivity contribution in [3.05, 3.63) is 0 Å². The van der Waals surface area contributed by atoms with Gasteiger partial charge in [0.25, 0.3) is 0 Å². The number of likely N-dealkylation sites (tertiary alicyclic amines) is 1. The summed E-state index contributed by atoms with van der Waals surface area (Å²) in [6, 6.07) is 1.13. The van der Waals surface area contributed by atoms with Crippen LogP contribution in [0, 0.1) is 11.3 Å². The van der Waals surface area contributed by atoms with Crippen LogP contribution >= 0.6 is 0 Å². The Morgan fingerprint density at radius 2 is 2.14 bits per heavy atom. The first kappa shape index (κ1) is 11.5. The summed E-state index contributed by atoms with van der Waals surface area (Å²) in [6.45, 7) is 7.92. The Morgan fingerprint density at radius 1 is 1.50 bits per heavy atom. The van der Waals surface area contributed by atoms with Gasteiger partial charge in [-0.25, -0.2) is 0 Å². The minimum Gasteiger partial charge on any atom is -0.388 e. The zero-order valence-electron chi connectivity index (χ0n) is 9.59. The largest absolute Gasteiger partial charge is 0.388 e. The van der Waals surface area contributed by atoms with Gasteiger partial charge in [0.2, 0.25) is 0 Å². The molecule has 1 aliphatic rings. The number of rotatable bonds is 4. The summed E-state index contributed by atoms with van der Waals surface area (Å²) >= 11 is 0. The van der Waals surface area contributed by atoms with Gasteiger partial charge in [0, 0.05) is 18.5 Å². The molecule has 0 aromatic carbocycles. The van der Waals surface area contributed by atoms with E-state index in [2.05, 4.69) is 25.7 Å². The second kappa shape index (κ2) is 4.78. The number of amidine groups is 1. The minimum atomic E-state index is 0.312. The molecule has 1 rings (SSSR count). The van der Waals surface area contributed by atoms with Crippen LogP contribution in [-0.2, 0) is 0 Å².